The number of hydrogen-bond donors (Lipinski definition) is 2. The summed E-state index contributed by atoms with van der Waals surface area (Å²) in [5.41, 5.74) is 0.891. The van der Waals surface area contributed by atoms with Crippen molar-refractivity contribution in [3.8, 4) is 5.75 Å². The lowest BCUT2D eigenvalue weighted by Gasteiger charge is -2.11. The monoisotopic (exact) mass is 371 g/mol. The van der Waals surface area contributed by atoms with Crippen molar-refractivity contribution in [3.63, 3.8) is 0 Å². The number of aromatic nitrogens is 2. The van der Waals surface area contributed by atoms with Crippen LogP contribution in [0.3, 0.4) is 0 Å². The fraction of sp³-hybridized carbons (Fsp3) is 0.0588. The molecule has 26 heavy (non-hydrogen) atoms. The smallest absolute Gasteiger partial charge is 0.353 e. The topological polar surface area (TPSA) is 102 Å². The van der Waals surface area contributed by atoms with Crippen molar-refractivity contribution in [2.75, 3.05) is 17.7 Å². The Bertz CT molecular complexity index is 951. The molecule has 0 bridgehead atoms. The molecule has 0 unspecified atom stereocenters. The van der Waals surface area contributed by atoms with Gasteiger partial charge in [-0.15, -0.1) is 0 Å². The molecule has 0 fully saturated rings. The predicted octanol–water partition coefficient (Wildman–Crippen LogP) is 4.53. The molecule has 0 aliphatic rings. The number of hydrogen-bond acceptors (Lipinski definition) is 7. The number of rotatable bonds is 6. The lowest BCUT2D eigenvalue weighted by Crippen LogP contribution is -2.05. The molecule has 132 valence electrons. The standard InChI is InChI=1S/C17H14ClN5O3/c1-26-14-7-3-6-13(9-14)22-17-15(23(24)25)16(19-10-20-17)21-12-5-2-4-11(18)8-12/h2-10H,1H3,(H2,19,20,21,22). The van der Waals surface area contributed by atoms with Crippen molar-refractivity contribution in [2.24, 2.45) is 0 Å². The zero-order chi connectivity index (χ0) is 18.5. The fourth-order valence-electron chi connectivity index (χ4n) is 2.28. The van der Waals surface area contributed by atoms with E-state index >= 15 is 0 Å². The zero-order valence-electron chi connectivity index (χ0n) is 13.6. The third-order valence-electron chi connectivity index (χ3n) is 3.42. The van der Waals surface area contributed by atoms with Crippen LogP contribution in [0.1, 0.15) is 0 Å². The summed E-state index contributed by atoms with van der Waals surface area (Å²) in [5, 5.41) is 17.9. The van der Waals surface area contributed by atoms with E-state index in [0.29, 0.717) is 22.1 Å². The second-order valence-corrected chi connectivity index (χ2v) is 5.61. The number of nitro groups is 1. The Morgan fingerprint density at radius 3 is 2.23 bits per heavy atom. The van der Waals surface area contributed by atoms with Crippen LogP contribution in [0, 0.1) is 10.1 Å². The SMILES string of the molecule is COc1cccc(Nc2ncnc(Nc3cccc(Cl)c3)c2[N+](=O)[O-])c1. The number of halogens is 1. The van der Waals surface area contributed by atoms with E-state index in [9.17, 15) is 10.1 Å². The number of benzene rings is 2. The average molecular weight is 372 g/mol. The van der Waals surface area contributed by atoms with Crippen LogP contribution in [0.4, 0.5) is 28.7 Å². The van der Waals surface area contributed by atoms with Gasteiger partial charge in [-0.1, -0.05) is 23.7 Å². The van der Waals surface area contributed by atoms with Gasteiger partial charge >= 0.3 is 5.69 Å². The third-order valence-corrected chi connectivity index (χ3v) is 3.66. The Labute approximate surface area is 154 Å². The van der Waals surface area contributed by atoms with Crippen molar-refractivity contribution >= 4 is 40.3 Å². The Balaban J connectivity index is 1.96. The molecular weight excluding hydrogens is 358 g/mol. The van der Waals surface area contributed by atoms with Crippen LogP contribution in [-0.4, -0.2) is 22.0 Å². The molecular formula is C17H14ClN5O3. The minimum Gasteiger partial charge on any atom is -0.497 e. The molecule has 9 heteroatoms. The normalized spacial score (nSPS) is 10.2. The van der Waals surface area contributed by atoms with Crippen molar-refractivity contribution in [1.29, 1.82) is 0 Å². The summed E-state index contributed by atoms with van der Waals surface area (Å²) in [6, 6.07) is 13.8. The van der Waals surface area contributed by atoms with Gasteiger partial charge in [0.1, 0.15) is 12.1 Å². The van der Waals surface area contributed by atoms with Crippen LogP contribution in [0.15, 0.2) is 54.9 Å². The summed E-state index contributed by atoms with van der Waals surface area (Å²) >= 11 is 5.95. The molecule has 0 aliphatic carbocycles. The van der Waals surface area contributed by atoms with E-state index in [1.165, 1.54) is 6.33 Å². The molecule has 0 amide bonds. The molecule has 2 N–H and O–H groups in total. The van der Waals surface area contributed by atoms with Crippen molar-refractivity contribution in [2.45, 2.75) is 0 Å². The highest BCUT2D eigenvalue weighted by atomic mass is 35.5. The summed E-state index contributed by atoms with van der Waals surface area (Å²) in [4.78, 5) is 19.1. The highest BCUT2D eigenvalue weighted by molar-refractivity contribution is 6.30. The van der Waals surface area contributed by atoms with Crippen LogP contribution in [-0.2, 0) is 0 Å². The summed E-state index contributed by atoms with van der Waals surface area (Å²) in [7, 11) is 1.54. The molecule has 0 aliphatic heterocycles. The minimum atomic E-state index is -0.546. The van der Waals surface area contributed by atoms with Gasteiger partial charge in [0.15, 0.2) is 0 Å². The van der Waals surface area contributed by atoms with Crippen molar-refractivity contribution < 1.29 is 9.66 Å². The molecule has 2 aromatic carbocycles. The summed E-state index contributed by atoms with van der Waals surface area (Å²) in [5.74, 6) is 0.726. The molecule has 1 heterocycles. The van der Waals surface area contributed by atoms with Crippen molar-refractivity contribution in [1.82, 2.24) is 9.97 Å². The van der Waals surface area contributed by atoms with Gasteiger partial charge < -0.3 is 15.4 Å². The van der Waals surface area contributed by atoms with E-state index in [-0.39, 0.29) is 17.3 Å². The molecule has 0 atom stereocenters. The maximum atomic E-state index is 11.6. The van der Waals surface area contributed by atoms with E-state index in [2.05, 4.69) is 20.6 Å². The van der Waals surface area contributed by atoms with Gasteiger partial charge in [0.05, 0.1) is 12.0 Å². The predicted molar refractivity (Wildman–Crippen MR) is 99.7 cm³/mol. The molecule has 0 saturated carbocycles. The molecule has 3 rings (SSSR count). The Hall–Kier alpha value is -3.39. The van der Waals surface area contributed by atoms with E-state index < -0.39 is 4.92 Å². The highest BCUT2D eigenvalue weighted by Crippen LogP contribution is 2.33. The van der Waals surface area contributed by atoms with Gasteiger partial charge in [-0.05, 0) is 30.3 Å². The van der Waals surface area contributed by atoms with Crippen LogP contribution in [0.25, 0.3) is 0 Å². The van der Waals surface area contributed by atoms with Crippen LogP contribution >= 0.6 is 11.6 Å². The first-order valence-electron chi connectivity index (χ1n) is 7.50. The molecule has 0 radical (unpaired) electrons. The number of ether oxygens (including phenoxy) is 1. The quantitative estimate of drug-likeness (QED) is 0.484. The van der Waals surface area contributed by atoms with Gasteiger partial charge in [-0.25, -0.2) is 9.97 Å². The Kier molecular flexibility index (Phi) is 5.14. The van der Waals surface area contributed by atoms with Crippen LogP contribution in [0.5, 0.6) is 5.75 Å². The number of anilines is 4. The lowest BCUT2D eigenvalue weighted by molar-refractivity contribution is -0.383. The maximum Gasteiger partial charge on any atom is 0.353 e. The molecule has 0 spiro atoms. The first kappa shape index (κ1) is 17.4. The van der Waals surface area contributed by atoms with Gasteiger partial charge in [-0.2, -0.15) is 0 Å². The first-order valence-corrected chi connectivity index (χ1v) is 7.87. The van der Waals surface area contributed by atoms with E-state index in [0.717, 1.165) is 0 Å². The Morgan fingerprint density at radius 1 is 1.04 bits per heavy atom. The van der Waals surface area contributed by atoms with E-state index in [4.69, 9.17) is 16.3 Å². The van der Waals surface area contributed by atoms with Gasteiger partial charge in [0, 0.05) is 22.5 Å². The van der Waals surface area contributed by atoms with Gasteiger partial charge in [0.2, 0.25) is 11.6 Å². The van der Waals surface area contributed by atoms with E-state index in [1.54, 1.807) is 55.6 Å². The first-order chi connectivity index (χ1) is 12.6. The summed E-state index contributed by atoms with van der Waals surface area (Å²) in [6.45, 7) is 0. The molecule has 1 aromatic heterocycles. The molecule has 0 saturated heterocycles. The van der Waals surface area contributed by atoms with Crippen molar-refractivity contribution in [3.05, 3.63) is 70.0 Å². The minimum absolute atomic E-state index is 0.0534. The van der Waals surface area contributed by atoms with Gasteiger partial charge in [0.25, 0.3) is 0 Å². The fourth-order valence-corrected chi connectivity index (χ4v) is 2.47. The molecule has 8 nitrogen and oxygen atoms in total. The average Bonchev–Trinajstić information content (AvgIpc) is 2.62. The van der Waals surface area contributed by atoms with Crippen LogP contribution < -0.4 is 15.4 Å². The second kappa shape index (κ2) is 7.66. The maximum absolute atomic E-state index is 11.6. The number of methoxy groups -OCH3 is 1. The van der Waals surface area contributed by atoms with E-state index in [1.807, 2.05) is 0 Å². The highest BCUT2D eigenvalue weighted by Gasteiger charge is 2.23. The number of nitrogens with one attached hydrogen (secondary N) is 2. The lowest BCUT2D eigenvalue weighted by atomic mass is 10.3. The third kappa shape index (κ3) is 3.98. The largest absolute Gasteiger partial charge is 0.497 e. The van der Waals surface area contributed by atoms with Crippen LogP contribution in [0.2, 0.25) is 5.02 Å². The van der Waals surface area contributed by atoms with Gasteiger partial charge in [-0.3, -0.25) is 10.1 Å². The summed E-state index contributed by atoms with van der Waals surface area (Å²) < 4.78 is 5.15. The number of nitrogens with zero attached hydrogens (tertiary/aromatic N) is 3. The Morgan fingerprint density at radius 2 is 1.65 bits per heavy atom. The zero-order valence-corrected chi connectivity index (χ0v) is 14.4. The summed E-state index contributed by atoms with van der Waals surface area (Å²) in [6.07, 6.45) is 1.24. The molecule has 3 aromatic rings. The second-order valence-electron chi connectivity index (χ2n) is 5.17.